The summed E-state index contributed by atoms with van der Waals surface area (Å²) in [5.74, 6) is 0. The van der Waals surface area contributed by atoms with Gasteiger partial charge in [0, 0.05) is 15.4 Å². The maximum absolute atomic E-state index is 3.93. The molecule has 0 nitrogen and oxygen atoms in total. The molecule has 4 aromatic carbocycles. The van der Waals surface area contributed by atoms with E-state index in [0.29, 0.717) is 0 Å². The summed E-state index contributed by atoms with van der Waals surface area (Å²) in [7, 11) is 0. The van der Waals surface area contributed by atoms with Gasteiger partial charge in [-0.1, -0.05) is 100 Å². The predicted molar refractivity (Wildman–Crippen MR) is 120 cm³/mol. The van der Waals surface area contributed by atoms with Crippen LogP contribution in [0.4, 0.5) is 0 Å². The third-order valence-electron chi connectivity index (χ3n) is 4.79. The minimum absolute atomic E-state index is 0.793. The highest BCUT2D eigenvalue weighted by atomic mass is 79.9. The second kappa shape index (κ2) is 7.38. The first-order valence-corrected chi connectivity index (χ1v) is 10.5. The topological polar surface area (TPSA) is 0 Å². The Morgan fingerprint density at radius 3 is 1.81 bits per heavy atom. The highest BCUT2D eigenvalue weighted by Gasteiger charge is 2.19. The van der Waals surface area contributed by atoms with Crippen LogP contribution in [0.3, 0.4) is 0 Å². The van der Waals surface area contributed by atoms with Crippen molar-refractivity contribution in [3.8, 4) is 22.3 Å². The Morgan fingerprint density at radius 2 is 1.19 bits per heavy atom. The fourth-order valence-electron chi connectivity index (χ4n) is 3.52. The molecule has 0 aliphatic carbocycles. The van der Waals surface area contributed by atoms with Crippen LogP contribution in [0.1, 0.15) is 11.1 Å². The third-order valence-corrected chi connectivity index (χ3v) is 6.22. The molecule has 0 spiro atoms. The highest BCUT2D eigenvalue weighted by Crippen LogP contribution is 2.45. The van der Waals surface area contributed by atoms with E-state index in [4.69, 9.17) is 0 Å². The Kier molecular flexibility index (Phi) is 4.97. The van der Waals surface area contributed by atoms with E-state index in [9.17, 15) is 0 Å². The summed E-state index contributed by atoms with van der Waals surface area (Å²) in [6.07, 6.45) is 0. The average Bonchev–Trinajstić information content (AvgIpc) is 2.68. The van der Waals surface area contributed by atoms with Gasteiger partial charge in [0.2, 0.25) is 0 Å². The van der Waals surface area contributed by atoms with Crippen LogP contribution in [0.2, 0.25) is 0 Å². The van der Waals surface area contributed by atoms with Crippen LogP contribution in [0.25, 0.3) is 33.0 Å². The van der Waals surface area contributed by atoms with E-state index in [1.807, 2.05) is 0 Å². The van der Waals surface area contributed by atoms with E-state index in [-0.39, 0.29) is 0 Å². The molecule has 0 atom stereocenters. The van der Waals surface area contributed by atoms with Crippen molar-refractivity contribution in [3.63, 3.8) is 0 Å². The fourth-order valence-corrected chi connectivity index (χ4v) is 5.24. The summed E-state index contributed by atoms with van der Waals surface area (Å²) >= 11 is 7.67. The first-order valence-electron chi connectivity index (χ1n) is 8.62. The lowest BCUT2D eigenvalue weighted by atomic mass is 9.88. The van der Waals surface area contributed by atoms with E-state index >= 15 is 0 Å². The van der Waals surface area contributed by atoms with Gasteiger partial charge in [0.15, 0.2) is 0 Å². The summed E-state index contributed by atoms with van der Waals surface area (Å²) in [5, 5.41) is 3.35. The van der Waals surface area contributed by atoms with E-state index in [1.54, 1.807) is 0 Å². The SMILES string of the molecule is Cc1ccc(-c2c(CBr)c(Br)c(-c3ccccc3)c3ccccc23)cc1. The Morgan fingerprint density at radius 1 is 0.654 bits per heavy atom. The summed E-state index contributed by atoms with van der Waals surface area (Å²) in [6.45, 7) is 2.13. The average molecular weight is 466 g/mol. The zero-order chi connectivity index (χ0) is 18.1. The van der Waals surface area contributed by atoms with Gasteiger partial charge in [-0.05, 0) is 55.9 Å². The third kappa shape index (κ3) is 3.02. The van der Waals surface area contributed by atoms with Crippen molar-refractivity contribution in [1.82, 2.24) is 0 Å². The van der Waals surface area contributed by atoms with E-state index in [0.717, 1.165) is 9.80 Å². The molecule has 0 radical (unpaired) electrons. The monoisotopic (exact) mass is 464 g/mol. The van der Waals surface area contributed by atoms with Crippen LogP contribution < -0.4 is 0 Å². The zero-order valence-electron chi connectivity index (χ0n) is 14.5. The van der Waals surface area contributed by atoms with Gasteiger partial charge in [-0.3, -0.25) is 0 Å². The number of rotatable bonds is 3. The van der Waals surface area contributed by atoms with Crippen molar-refractivity contribution in [1.29, 1.82) is 0 Å². The van der Waals surface area contributed by atoms with Crippen LogP contribution in [0.15, 0.2) is 83.3 Å². The molecule has 0 aliphatic rings. The van der Waals surface area contributed by atoms with Gasteiger partial charge in [0.1, 0.15) is 0 Å². The van der Waals surface area contributed by atoms with Crippen molar-refractivity contribution in [2.24, 2.45) is 0 Å². The lowest BCUT2D eigenvalue weighted by Gasteiger charge is -2.19. The number of alkyl halides is 1. The van der Waals surface area contributed by atoms with Gasteiger partial charge in [-0.25, -0.2) is 0 Å². The molecule has 0 bridgehead atoms. The minimum Gasteiger partial charge on any atom is -0.0876 e. The molecule has 0 aromatic heterocycles. The van der Waals surface area contributed by atoms with Crippen molar-refractivity contribution in [2.75, 3.05) is 0 Å². The second-order valence-electron chi connectivity index (χ2n) is 6.45. The Labute approximate surface area is 171 Å². The second-order valence-corrected chi connectivity index (χ2v) is 7.81. The molecule has 128 valence electrons. The van der Waals surface area contributed by atoms with Gasteiger partial charge in [0.05, 0.1) is 0 Å². The number of benzene rings is 4. The van der Waals surface area contributed by atoms with Crippen molar-refractivity contribution in [3.05, 3.63) is 94.5 Å². The lowest BCUT2D eigenvalue weighted by molar-refractivity contribution is 1.40. The van der Waals surface area contributed by atoms with Crippen molar-refractivity contribution < 1.29 is 0 Å². The maximum atomic E-state index is 3.93. The molecule has 0 heterocycles. The normalized spacial score (nSPS) is 11.0. The highest BCUT2D eigenvalue weighted by molar-refractivity contribution is 9.11. The Hall–Kier alpha value is -1.90. The van der Waals surface area contributed by atoms with Gasteiger partial charge in [0.25, 0.3) is 0 Å². The van der Waals surface area contributed by atoms with Gasteiger partial charge in [-0.2, -0.15) is 0 Å². The van der Waals surface area contributed by atoms with Gasteiger partial charge < -0.3 is 0 Å². The quantitative estimate of drug-likeness (QED) is 0.268. The van der Waals surface area contributed by atoms with Gasteiger partial charge in [-0.15, -0.1) is 0 Å². The summed E-state index contributed by atoms with van der Waals surface area (Å²) in [6, 6.07) is 28.1. The maximum Gasteiger partial charge on any atom is 0.0306 e. The summed E-state index contributed by atoms with van der Waals surface area (Å²) in [5.41, 5.74) is 7.59. The lowest BCUT2D eigenvalue weighted by Crippen LogP contribution is -1.95. The fraction of sp³-hybridized carbons (Fsp3) is 0.0833. The molecular weight excluding hydrogens is 448 g/mol. The first-order chi connectivity index (χ1) is 12.7. The molecule has 2 heteroatoms. The number of aryl methyl sites for hydroxylation is 1. The van der Waals surface area contributed by atoms with Crippen LogP contribution >= 0.6 is 31.9 Å². The Balaban J connectivity index is 2.13. The molecule has 0 unspecified atom stereocenters. The first kappa shape index (κ1) is 17.5. The molecule has 0 saturated heterocycles. The van der Waals surface area contributed by atoms with Crippen LogP contribution in [0, 0.1) is 6.92 Å². The van der Waals surface area contributed by atoms with E-state index < -0.39 is 0 Å². The molecule has 4 aromatic rings. The molecule has 0 N–H and O–H groups in total. The number of hydrogen-bond donors (Lipinski definition) is 0. The smallest absolute Gasteiger partial charge is 0.0306 e. The predicted octanol–water partition coefficient (Wildman–Crippen LogP) is 8.14. The van der Waals surface area contributed by atoms with Crippen LogP contribution in [-0.2, 0) is 5.33 Å². The van der Waals surface area contributed by atoms with Gasteiger partial charge >= 0.3 is 0 Å². The van der Waals surface area contributed by atoms with E-state index in [1.165, 1.54) is 44.2 Å². The van der Waals surface area contributed by atoms with Crippen LogP contribution in [0.5, 0.6) is 0 Å². The Bertz CT molecular complexity index is 1060. The zero-order valence-corrected chi connectivity index (χ0v) is 17.6. The molecule has 4 rings (SSSR count). The molecular formula is C24H18Br2. The minimum atomic E-state index is 0.793. The number of hydrogen-bond acceptors (Lipinski definition) is 0. The summed E-state index contributed by atoms with van der Waals surface area (Å²) in [4.78, 5) is 0. The standard InChI is InChI=1S/C24H18Br2/c1-16-11-13-18(14-12-16)22-19-9-5-6-10-20(19)23(24(26)21(22)15-25)17-7-3-2-4-8-17/h2-14H,15H2,1H3. The molecule has 0 amide bonds. The van der Waals surface area contributed by atoms with Crippen LogP contribution in [-0.4, -0.2) is 0 Å². The molecule has 0 fully saturated rings. The molecule has 26 heavy (non-hydrogen) atoms. The van der Waals surface area contributed by atoms with E-state index in [2.05, 4.69) is 118 Å². The molecule has 0 aliphatic heterocycles. The number of halogens is 2. The summed E-state index contributed by atoms with van der Waals surface area (Å²) < 4.78 is 1.16. The number of fused-ring (bicyclic) bond motifs is 1. The van der Waals surface area contributed by atoms with Crippen molar-refractivity contribution >= 4 is 42.6 Å². The van der Waals surface area contributed by atoms with Crippen molar-refractivity contribution in [2.45, 2.75) is 12.3 Å². The molecule has 0 saturated carbocycles. The largest absolute Gasteiger partial charge is 0.0876 e.